The molecule has 3 aromatic rings. The highest BCUT2D eigenvalue weighted by atomic mass is 32.1. The SMILES string of the molecule is CCc1ccc(-c2nc(C(=O)NNC(=O)c3cc(C(C)=O)c[nH]3)cs2)cc1. The molecule has 2 amide bonds. The minimum atomic E-state index is -0.554. The van der Waals surface area contributed by atoms with Crippen LogP contribution in [0.5, 0.6) is 0 Å². The predicted octanol–water partition coefficient (Wildman–Crippen LogP) is 2.98. The van der Waals surface area contributed by atoms with Crippen molar-refractivity contribution in [2.45, 2.75) is 20.3 Å². The highest BCUT2D eigenvalue weighted by Crippen LogP contribution is 2.24. The first-order chi connectivity index (χ1) is 13.0. The van der Waals surface area contributed by atoms with Crippen LogP contribution in [0, 0.1) is 0 Å². The highest BCUT2D eigenvalue weighted by molar-refractivity contribution is 7.13. The van der Waals surface area contributed by atoms with Crippen LogP contribution in [0.2, 0.25) is 0 Å². The number of hydrazine groups is 1. The third-order valence-electron chi connectivity index (χ3n) is 3.97. The molecule has 27 heavy (non-hydrogen) atoms. The molecule has 0 aliphatic carbocycles. The number of H-pyrrole nitrogens is 1. The van der Waals surface area contributed by atoms with Crippen molar-refractivity contribution in [3.8, 4) is 10.6 Å². The molecule has 8 heteroatoms. The summed E-state index contributed by atoms with van der Waals surface area (Å²) in [5.41, 5.74) is 7.56. The van der Waals surface area contributed by atoms with E-state index in [-0.39, 0.29) is 17.2 Å². The lowest BCUT2D eigenvalue weighted by atomic mass is 10.1. The lowest BCUT2D eigenvalue weighted by molar-refractivity contribution is 0.0842. The standard InChI is InChI=1S/C19H18N4O3S/c1-3-12-4-6-13(7-5-12)19-21-16(10-27-19)18(26)23-22-17(25)15-8-14(9-20-15)11(2)24/h4-10,20H,3H2,1-2H3,(H,22,25)(H,23,26). The van der Waals surface area contributed by atoms with Crippen LogP contribution >= 0.6 is 11.3 Å². The van der Waals surface area contributed by atoms with E-state index in [1.807, 2.05) is 24.3 Å². The fourth-order valence-corrected chi connectivity index (χ4v) is 3.17. The van der Waals surface area contributed by atoms with Gasteiger partial charge in [-0.1, -0.05) is 31.2 Å². The Balaban J connectivity index is 1.61. The van der Waals surface area contributed by atoms with Crippen LogP contribution in [0.1, 0.15) is 50.7 Å². The van der Waals surface area contributed by atoms with Crippen LogP contribution in [0.3, 0.4) is 0 Å². The normalized spacial score (nSPS) is 10.4. The third-order valence-corrected chi connectivity index (χ3v) is 4.86. The van der Waals surface area contributed by atoms with Gasteiger partial charge in [-0.15, -0.1) is 11.3 Å². The fraction of sp³-hybridized carbons (Fsp3) is 0.158. The molecule has 7 nitrogen and oxygen atoms in total. The second kappa shape index (κ2) is 7.96. The molecule has 0 spiro atoms. The van der Waals surface area contributed by atoms with Crippen LogP contribution < -0.4 is 10.9 Å². The van der Waals surface area contributed by atoms with Crippen molar-refractivity contribution >= 4 is 28.9 Å². The first kappa shape index (κ1) is 18.5. The summed E-state index contributed by atoms with van der Waals surface area (Å²) in [6.45, 7) is 3.49. The van der Waals surface area contributed by atoms with E-state index >= 15 is 0 Å². The van der Waals surface area contributed by atoms with E-state index in [0.717, 1.165) is 17.0 Å². The number of amides is 2. The molecule has 0 saturated carbocycles. The average Bonchev–Trinajstić information content (AvgIpc) is 3.35. The summed E-state index contributed by atoms with van der Waals surface area (Å²) in [5.74, 6) is -1.23. The van der Waals surface area contributed by atoms with Gasteiger partial charge in [-0.05, 0) is 25.0 Å². The van der Waals surface area contributed by atoms with Crippen molar-refractivity contribution in [3.05, 3.63) is 64.4 Å². The van der Waals surface area contributed by atoms with Gasteiger partial charge in [0.1, 0.15) is 16.4 Å². The topological polar surface area (TPSA) is 104 Å². The van der Waals surface area contributed by atoms with Gasteiger partial charge in [-0.25, -0.2) is 4.98 Å². The molecular weight excluding hydrogens is 364 g/mol. The fourth-order valence-electron chi connectivity index (χ4n) is 2.37. The molecule has 138 valence electrons. The number of aromatic amines is 1. The summed E-state index contributed by atoms with van der Waals surface area (Å²) in [5, 5.41) is 2.36. The molecule has 3 N–H and O–H groups in total. The molecule has 2 heterocycles. The lowest BCUT2D eigenvalue weighted by Crippen LogP contribution is -2.41. The number of benzene rings is 1. The maximum absolute atomic E-state index is 12.2. The average molecular weight is 382 g/mol. The van der Waals surface area contributed by atoms with Gasteiger partial charge in [0.25, 0.3) is 11.8 Å². The zero-order chi connectivity index (χ0) is 19.4. The number of hydrogen-bond acceptors (Lipinski definition) is 5. The monoisotopic (exact) mass is 382 g/mol. The quantitative estimate of drug-likeness (QED) is 0.466. The van der Waals surface area contributed by atoms with Crippen LogP contribution in [-0.2, 0) is 6.42 Å². The number of aromatic nitrogens is 2. The van der Waals surface area contributed by atoms with E-state index in [2.05, 4.69) is 27.7 Å². The Kier molecular flexibility index (Phi) is 5.46. The van der Waals surface area contributed by atoms with Crippen LogP contribution in [0.4, 0.5) is 0 Å². The number of nitrogens with one attached hydrogen (secondary N) is 3. The molecule has 0 bridgehead atoms. The van der Waals surface area contributed by atoms with E-state index in [1.54, 1.807) is 5.38 Å². The number of carbonyl (C=O) groups excluding carboxylic acids is 3. The van der Waals surface area contributed by atoms with Crippen LogP contribution in [-0.4, -0.2) is 27.6 Å². The maximum Gasteiger partial charge on any atom is 0.289 e. The number of hydrogen-bond donors (Lipinski definition) is 3. The number of rotatable bonds is 5. The van der Waals surface area contributed by atoms with E-state index in [4.69, 9.17) is 0 Å². The summed E-state index contributed by atoms with van der Waals surface area (Å²) in [6, 6.07) is 9.42. The zero-order valence-electron chi connectivity index (χ0n) is 14.8. The minimum absolute atomic E-state index is 0.156. The molecule has 1 aromatic carbocycles. The van der Waals surface area contributed by atoms with Crippen molar-refractivity contribution in [1.29, 1.82) is 0 Å². The van der Waals surface area contributed by atoms with E-state index in [0.29, 0.717) is 5.56 Å². The maximum atomic E-state index is 12.2. The zero-order valence-corrected chi connectivity index (χ0v) is 15.6. The van der Waals surface area contributed by atoms with Crippen molar-refractivity contribution in [1.82, 2.24) is 20.8 Å². The van der Waals surface area contributed by atoms with Gasteiger partial charge in [0.2, 0.25) is 0 Å². The lowest BCUT2D eigenvalue weighted by Gasteiger charge is -2.04. The molecule has 0 aliphatic rings. The molecule has 3 rings (SSSR count). The minimum Gasteiger partial charge on any atom is -0.356 e. The summed E-state index contributed by atoms with van der Waals surface area (Å²) >= 11 is 1.35. The van der Waals surface area contributed by atoms with Crippen molar-refractivity contribution in [3.63, 3.8) is 0 Å². The second-order valence-electron chi connectivity index (χ2n) is 5.85. The molecule has 0 unspecified atom stereocenters. The number of aryl methyl sites for hydroxylation is 1. The van der Waals surface area contributed by atoms with E-state index in [1.165, 1.54) is 36.1 Å². The summed E-state index contributed by atoms with van der Waals surface area (Å²) in [4.78, 5) is 42.5. The highest BCUT2D eigenvalue weighted by Gasteiger charge is 2.15. The van der Waals surface area contributed by atoms with Crippen molar-refractivity contribution < 1.29 is 14.4 Å². The Morgan fingerprint density at radius 1 is 1.11 bits per heavy atom. The number of carbonyl (C=O) groups is 3. The van der Waals surface area contributed by atoms with Gasteiger partial charge in [-0.2, -0.15) is 0 Å². The Hall–Kier alpha value is -3.26. The van der Waals surface area contributed by atoms with Crippen LogP contribution in [0.25, 0.3) is 10.6 Å². The van der Waals surface area contributed by atoms with E-state index in [9.17, 15) is 14.4 Å². The van der Waals surface area contributed by atoms with Gasteiger partial charge in [0.15, 0.2) is 5.78 Å². The summed E-state index contributed by atoms with van der Waals surface area (Å²) in [7, 11) is 0. The Morgan fingerprint density at radius 3 is 2.44 bits per heavy atom. The number of nitrogens with zero attached hydrogens (tertiary/aromatic N) is 1. The first-order valence-electron chi connectivity index (χ1n) is 8.32. The molecule has 0 atom stereocenters. The van der Waals surface area contributed by atoms with Crippen molar-refractivity contribution in [2.75, 3.05) is 0 Å². The van der Waals surface area contributed by atoms with Gasteiger partial charge < -0.3 is 4.98 Å². The molecule has 0 aliphatic heterocycles. The molecule has 0 radical (unpaired) electrons. The largest absolute Gasteiger partial charge is 0.356 e. The number of thiazole rings is 1. The van der Waals surface area contributed by atoms with Crippen molar-refractivity contribution in [2.24, 2.45) is 0 Å². The second-order valence-corrected chi connectivity index (χ2v) is 6.71. The van der Waals surface area contributed by atoms with Gasteiger partial charge >= 0.3 is 0 Å². The Bertz CT molecular complexity index is 989. The molecule has 0 fully saturated rings. The summed E-state index contributed by atoms with van der Waals surface area (Å²) in [6.07, 6.45) is 2.40. The molecular formula is C19H18N4O3S. The Morgan fingerprint density at radius 2 is 1.81 bits per heavy atom. The Labute approximate surface area is 159 Å². The smallest absolute Gasteiger partial charge is 0.289 e. The number of ketones is 1. The molecule has 0 saturated heterocycles. The van der Waals surface area contributed by atoms with E-state index < -0.39 is 11.8 Å². The molecule has 2 aromatic heterocycles. The first-order valence-corrected chi connectivity index (χ1v) is 9.20. The predicted molar refractivity (Wildman–Crippen MR) is 103 cm³/mol. The van der Waals surface area contributed by atoms with Gasteiger partial charge in [-0.3, -0.25) is 25.2 Å². The van der Waals surface area contributed by atoms with Gasteiger partial charge in [0.05, 0.1) is 0 Å². The van der Waals surface area contributed by atoms with Crippen LogP contribution in [0.15, 0.2) is 41.9 Å². The van der Waals surface area contributed by atoms with Gasteiger partial charge in [0, 0.05) is 22.7 Å². The number of Topliss-reactive ketones (excluding diaryl/α,β-unsaturated/α-hetero) is 1. The summed E-state index contributed by atoms with van der Waals surface area (Å²) < 4.78 is 0. The third kappa shape index (κ3) is 4.29.